The molecular formula is C15H13FNO3S2-. The van der Waals surface area contributed by atoms with Crippen LogP contribution in [-0.2, 0) is 9.59 Å². The number of hydrogen-bond acceptors (Lipinski definition) is 5. The minimum Gasteiger partial charge on any atom is -0.548 e. The molecule has 0 spiro atoms. The predicted molar refractivity (Wildman–Crippen MR) is 85.0 cm³/mol. The average Bonchev–Trinajstić information content (AvgIpc) is 2.69. The van der Waals surface area contributed by atoms with Gasteiger partial charge in [-0.25, -0.2) is 4.39 Å². The first kappa shape index (κ1) is 16.6. The van der Waals surface area contributed by atoms with E-state index in [-0.39, 0.29) is 16.1 Å². The lowest BCUT2D eigenvalue weighted by Gasteiger charge is -2.30. The number of rotatable bonds is 4. The second-order valence-electron chi connectivity index (χ2n) is 5.11. The van der Waals surface area contributed by atoms with Crippen molar-refractivity contribution >= 4 is 46.3 Å². The second kappa shape index (κ2) is 6.58. The highest BCUT2D eigenvalue weighted by Gasteiger charge is 2.38. The molecule has 1 fully saturated rings. The zero-order chi connectivity index (χ0) is 16.4. The number of carbonyl (C=O) groups is 2. The van der Waals surface area contributed by atoms with Gasteiger partial charge in [0.15, 0.2) is 0 Å². The van der Waals surface area contributed by atoms with Crippen LogP contribution in [0.15, 0.2) is 29.2 Å². The van der Waals surface area contributed by atoms with Crippen LogP contribution in [0.2, 0.25) is 0 Å². The maximum absolute atomic E-state index is 12.9. The Labute approximate surface area is 137 Å². The van der Waals surface area contributed by atoms with Crippen LogP contribution in [0.25, 0.3) is 6.08 Å². The van der Waals surface area contributed by atoms with Crippen LogP contribution in [0, 0.1) is 11.7 Å². The summed E-state index contributed by atoms with van der Waals surface area (Å²) in [5, 5.41) is 11.3. The van der Waals surface area contributed by atoms with Crippen molar-refractivity contribution in [3.63, 3.8) is 0 Å². The quantitative estimate of drug-likeness (QED) is 0.619. The Hall–Kier alpha value is -1.73. The third-order valence-corrected chi connectivity index (χ3v) is 4.47. The Morgan fingerprint density at radius 2 is 1.95 bits per heavy atom. The summed E-state index contributed by atoms with van der Waals surface area (Å²) in [6.07, 6.45) is 1.56. The zero-order valence-corrected chi connectivity index (χ0v) is 13.5. The number of nitrogens with zero attached hydrogens (tertiary/aromatic N) is 1. The Bertz CT molecular complexity index is 655. The van der Waals surface area contributed by atoms with E-state index in [2.05, 4.69) is 0 Å². The first-order valence-electron chi connectivity index (χ1n) is 6.54. The normalized spacial score (nSPS) is 18.4. The van der Waals surface area contributed by atoms with E-state index < -0.39 is 17.9 Å². The van der Waals surface area contributed by atoms with Gasteiger partial charge in [-0.2, -0.15) is 0 Å². The number of halogens is 1. The van der Waals surface area contributed by atoms with Crippen LogP contribution < -0.4 is 5.11 Å². The summed E-state index contributed by atoms with van der Waals surface area (Å²) >= 11 is 6.15. The van der Waals surface area contributed by atoms with Crippen LogP contribution in [0.4, 0.5) is 4.39 Å². The summed E-state index contributed by atoms with van der Waals surface area (Å²) < 4.78 is 13.1. The average molecular weight is 338 g/mol. The van der Waals surface area contributed by atoms with E-state index in [1.807, 2.05) is 0 Å². The molecule has 116 valence electrons. The third kappa shape index (κ3) is 3.36. The van der Waals surface area contributed by atoms with Crippen LogP contribution in [-0.4, -0.2) is 27.1 Å². The molecule has 2 rings (SSSR count). The van der Waals surface area contributed by atoms with Gasteiger partial charge in [0.2, 0.25) is 0 Å². The van der Waals surface area contributed by atoms with Crippen molar-refractivity contribution in [3.05, 3.63) is 40.6 Å². The van der Waals surface area contributed by atoms with Gasteiger partial charge < -0.3 is 9.90 Å². The molecule has 22 heavy (non-hydrogen) atoms. The van der Waals surface area contributed by atoms with Crippen molar-refractivity contribution < 1.29 is 19.1 Å². The SMILES string of the molecule is CC(C)[C@@H](C(=O)[O-])N1C(=O)/C(=C\c2ccc(F)cc2)SC1=S. The summed E-state index contributed by atoms with van der Waals surface area (Å²) in [5.74, 6) is -2.52. The van der Waals surface area contributed by atoms with E-state index in [9.17, 15) is 19.1 Å². The number of carboxylic acids is 1. The van der Waals surface area contributed by atoms with Crippen molar-refractivity contribution in [3.8, 4) is 0 Å². The van der Waals surface area contributed by atoms with Gasteiger partial charge in [-0.1, -0.05) is 50.0 Å². The van der Waals surface area contributed by atoms with Gasteiger partial charge in [0.1, 0.15) is 10.1 Å². The molecule has 1 aliphatic rings. The van der Waals surface area contributed by atoms with Crippen molar-refractivity contribution in [2.75, 3.05) is 0 Å². The lowest BCUT2D eigenvalue weighted by atomic mass is 10.0. The predicted octanol–water partition coefficient (Wildman–Crippen LogP) is 1.80. The molecule has 0 aliphatic carbocycles. The highest BCUT2D eigenvalue weighted by Crippen LogP contribution is 2.35. The first-order chi connectivity index (χ1) is 10.3. The molecular weight excluding hydrogens is 325 g/mol. The third-order valence-electron chi connectivity index (χ3n) is 3.14. The Morgan fingerprint density at radius 3 is 2.45 bits per heavy atom. The molecule has 0 radical (unpaired) electrons. The minimum atomic E-state index is -1.34. The lowest BCUT2D eigenvalue weighted by molar-refractivity contribution is -0.311. The van der Waals surface area contributed by atoms with Gasteiger partial charge in [-0.3, -0.25) is 9.69 Å². The highest BCUT2D eigenvalue weighted by molar-refractivity contribution is 8.26. The number of aliphatic carboxylic acids is 1. The molecule has 0 unspecified atom stereocenters. The molecule has 1 aromatic carbocycles. The molecule has 1 atom stereocenters. The smallest absolute Gasteiger partial charge is 0.266 e. The van der Waals surface area contributed by atoms with E-state index in [1.165, 1.54) is 24.3 Å². The number of carbonyl (C=O) groups excluding carboxylic acids is 2. The standard InChI is InChI=1S/C15H14FNO3S2/c1-8(2)12(14(19)20)17-13(18)11(22-15(17)21)7-9-3-5-10(16)6-4-9/h3-8,12H,1-2H3,(H,19,20)/p-1/b11-7+/t12-/m0/s1. The topological polar surface area (TPSA) is 60.4 Å². The summed E-state index contributed by atoms with van der Waals surface area (Å²) in [5.41, 5.74) is 0.636. The zero-order valence-electron chi connectivity index (χ0n) is 11.9. The van der Waals surface area contributed by atoms with Crippen molar-refractivity contribution in [1.29, 1.82) is 0 Å². The highest BCUT2D eigenvalue weighted by atomic mass is 32.2. The van der Waals surface area contributed by atoms with E-state index in [1.54, 1.807) is 19.9 Å². The number of benzene rings is 1. The maximum Gasteiger partial charge on any atom is 0.266 e. The van der Waals surface area contributed by atoms with E-state index in [0.717, 1.165) is 16.7 Å². The van der Waals surface area contributed by atoms with Gasteiger partial charge in [0.25, 0.3) is 5.91 Å². The molecule has 7 heteroatoms. The minimum absolute atomic E-state index is 0.182. The summed E-state index contributed by atoms with van der Waals surface area (Å²) in [4.78, 5) is 25.1. The van der Waals surface area contributed by atoms with Gasteiger partial charge >= 0.3 is 0 Å². The molecule has 0 N–H and O–H groups in total. The molecule has 1 saturated heterocycles. The van der Waals surface area contributed by atoms with Crippen LogP contribution in [0.1, 0.15) is 19.4 Å². The second-order valence-corrected chi connectivity index (χ2v) is 6.79. The number of thioether (sulfide) groups is 1. The van der Waals surface area contributed by atoms with E-state index >= 15 is 0 Å². The fraction of sp³-hybridized carbons (Fsp3) is 0.267. The lowest BCUT2D eigenvalue weighted by Crippen LogP contribution is -2.52. The fourth-order valence-corrected chi connectivity index (χ4v) is 3.44. The van der Waals surface area contributed by atoms with Crippen molar-refractivity contribution in [1.82, 2.24) is 4.90 Å². The Kier molecular flexibility index (Phi) is 4.97. The monoisotopic (exact) mass is 338 g/mol. The number of carboxylic acid groups (broad SMARTS) is 1. The number of amides is 1. The molecule has 0 aromatic heterocycles. The van der Waals surface area contributed by atoms with E-state index in [4.69, 9.17) is 12.2 Å². The molecule has 1 aromatic rings. The van der Waals surface area contributed by atoms with Crippen molar-refractivity contribution in [2.24, 2.45) is 5.92 Å². The maximum atomic E-state index is 12.9. The number of thiocarbonyl (C=S) groups is 1. The van der Waals surface area contributed by atoms with Crippen LogP contribution in [0.5, 0.6) is 0 Å². The molecule has 1 aliphatic heterocycles. The van der Waals surface area contributed by atoms with Gasteiger partial charge in [0, 0.05) is 0 Å². The molecule has 4 nitrogen and oxygen atoms in total. The molecule has 0 saturated carbocycles. The van der Waals surface area contributed by atoms with Crippen LogP contribution in [0.3, 0.4) is 0 Å². The summed E-state index contributed by atoms with van der Waals surface area (Å²) in [6, 6.07) is 4.52. The molecule has 0 bridgehead atoms. The largest absolute Gasteiger partial charge is 0.548 e. The first-order valence-corrected chi connectivity index (χ1v) is 7.77. The van der Waals surface area contributed by atoms with Gasteiger partial charge in [-0.05, 0) is 29.7 Å². The summed E-state index contributed by atoms with van der Waals surface area (Å²) in [6.45, 7) is 3.37. The number of hydrogen-bond donors (Lipinski definition) is 0. The van der Waals surface area contributed by atoms with E-state index in [0.29, 0.717) is 10.5 Å². The van der Waals surface area contributed by atoms with Crippen LogP contribution >= 0.6 is 24.0 Å². The molecule has 1 amide bonds. The fourth-order valence-electron chi connectivity index (χ4n) is 2.11. The van der Waals surface area contributed by atoms with Gasteiger partial charge in [0.05, 0.1) is 16.9 Å². The van der Waals surface area contributed by atoms with Gasteiger partial charge in [-0.15, -0.1) is 0 Å². The Balaban J connectivity index is 2.32. The Morgan fingerprint density at radius 1 is 1.36 bits per heavy atom. The summed E-state index contributed by atoms with van der Waals surface area (Å²) in [7, 11) is 0. The van der Waals surface area contributed by atoms with Crippen molar-refractivity contribution in [2.45, 2.75) is 19.9 Å². The molecule has 1 heterocycles.